The largest absolute Gasteiger partial charge is 0.348 e. The van der Waals surface area contributed by atoms with Crippen LogP contribution in [-0.2, 0) is 11.3 Å². The predicted octanol–water partition coefficient (Wildman–Crippen LogP) is 1.60. The van der Waals surface area contributed by atoms with Crippen molar-refractivity contribution in [2.75, 3.05) is 13.6 Å². The number of aromatic nitrogens is 2. The number of hydrogen-bond acceptors (Lipinski definition) is 4. The number of quaternary nitrogens is 1. The number of benzene rings is 1. The molecule has 1 atom stereocenters. The lowest BCUT2D eigenvalue weighted by Gasteiger charge is -2.13. The minimum absolute atomic E-state index is 0.0407. The van der Waals surface area contributed by atoms with Gasteiger partial charge in [-0.05, 0) is 36.6 Å². The second-order valence-electron chi connectivity index (χ2n) is 7.00. The molecule has 27 heavy (non-hydrogen) atoms. The van der Waals surface area contributed by atoms with E-state index in [0.29, 0.717) is 40.2 Å². The summed E-state index contributed by atoms with van der Waals surface area (Å²) < 4.78 is 0.604. The molecular weight excluding hydrogens is 384 g/mol. The number of H-pyrrole nitrogens is 1. The molecule has 2 heterocycles. The molecular formula is C19H20ClN4O2S+. The maximum absolute atomic E-state index is 12.5. The number of rotatable bonds is 6. The Morgan fingerprint density at radius 1 is 1.37 bits per heavy atom. The molecule has 1 unspecified atom stereocenters. The number of thiophene rings is 1. The van der Waals surface area contributed by atoms with Crippen molar-refractivity contribution in [3.05, 3.63) is 51.5 Å². The summed E-state index contributed by atoms with van der Waals surface area (Å²) >= 11 is 7.36. The first-order valence-corrected chi connectivity index (χ1v) is 10.1. The molecule has 2 aromatic heterocycles. The summed E-state index contributed by atoms with van der Waals surface area (Å²) in [6.45, 7) is 0.841. The van der Waals surface area contributed by atoms with Crippen molar-refractivity contribution in [2.45, 2.75) is 25.4 Å². The third kappa shape index (κ3) is 4.37. The predicted molar refractivity (Wildman–Crippen MR) is 107 cm³/mol. The lowest BCUT2D eigenvalue weighted by atomic mass is 10.2. The third-order valence-electron chi connectivity index (χ3n) is 4.43. The zero-order valence-corrected chi connectivity index (χ0v) is 16.4. The SMILES string of the molecule is C[NH+](CC(=O)NC1CC1)Cc1nc2cc(-c3ccc(Cl)cc3)sc2c(=O)[nH]1. The Hall–Kier alpha value is -2.22. The van der Waals surface area contributed by atoms with E-state index in [1.54, 1.807) is 0 Å². The van der Waals surface area contributed by atoms with Crippen molar-refractivity contribution in [1.82, 2.24) is 15.3 Å². The number of nitrogens with one attached hydrogen (secondary N) is 3. The average molecular weight is 404 g/mol. The molecule has 1 fully saturated rings. The number of aromatic amines is 1. The first-order valence-electron chi connectivity index (χ1n) is 8.87. The van der Waals surface area contributed by atoms with Gasteiger partial charge in [0, 0.05) is 15.9 Å². The highest BCUT2D eigenvalue weighted by molar-refractivity contribution is 7.22. The maximum atomic E-state index is 12.5. The van der Waals surface area contributed by atoms with Crippen LogP contribution in [0, 0.1) is 0 Å². The van der Waals surface area contributed by atoms with Crippen LogP contribution in [0.4, 0.5) is 0 Å². The Morgan fingerprint density at radius 2 is 2.11 bits per heavy atom. The van der Waals surface area contributed by atoms with Gasteiger partial charge >= 0.3 is 0 Å². The maximum Gasteiger partial charge on any atom is 0.275 e. The number of fused-ring (bicyclic) bond motifs is 1. The summed E-state index contributed by atoms with van der Waals surface area (Å²) in [6, 6.07) is 9.80. The topological polar surface area (TPSA) is 79.3 Å². The van der Waals surface area contributed by atoms with Gasteiger partial charge in [0.1, 0.15) is 11.2 Å². The molecule has 1 aliphatic rings. The number of carbonyl (C=O) groups excluding carboxylic acids is 1. The van der Waals surface area contributed by atoms with Crippen molar-refractivity contribution in [1.29, 1.82) is 0 Å². The van der Waals surface area contributed by atoms with Crippen molar-refractivity contribution >= 4 is 39.1 Å². The zero-order valence-electron chi connectivity index (χ0n) is 14.8. The van der Waals surface area contributed by atoms with E-state index >= 15 is 0 Å². The Bertz CT molecular complexity index is 1040. The molecule has 0 saturated heterocycles. The van der Waals surface area contributed by atoms with Crippen molar-refractivity contribution in [3.63, 3.8) is 0 Å². The molecule has 1 saturated carbocycles. The first-order chi connectivity index (χ1) is 13.0. The molecule has 4 rings (SSSR count). The van der Waals surface area contributed by atoms with Crippen LogP contribution in [0.2, 0.25) is 5.02 Å². The van der Waals surface area contributed by atoms with Gasteiger partial charge in [0.25, 0.3) is 11.5 Å². The lowest BCUT2D eigenvalue weighted by Crippen LogP contribution is -3.09. The quantitative estimate of drug-likeness (QED) is 0.585. The van der Waals surface area contributed by atoms with Crippen LogP contribution in [-0.4, -0.2) is 35.5 Å². The van der Waals surface area contributed by atoms with Crippen LogP contribution < -0.4 is 15.8 Å². The third-order valence-corrected chi connectivity index (χ3v) is 5.86. The fraction of sp³-hybridized carbons (Fsp3) is 0.316. The summed E-state index contributed by atoms with van der Waals surface area (Å²) in [6.07, 6.45) is 2.15. The zero-order chi connectivity index (χ0) is 19.0. The fourth-order valence-electron chi connectivity index (χ4n) is 2.96. The minimum atomic E-state index is -0.143. The lowest BCUT2D eigenvalue weighted by molar-refractivity contribution is -0.886. The number of carbonyl (C=O) groups is 1. The number of hydrogen-bond donors (Lipinski definition) is 3. The smallest absolute Gasteiger partial charge is 0.275 e. The number of nitrogens with zero attached hydrogens (tertiary/aromatic N) is 1. The molecule has 0 aliphatic heterocycles. The fourth-order valence-corrected chi connectivity index (χ4v) is 4.08. The monoisotopic (exact) mass is 403 g/mol. The summed E-state index contributed by atoms with van der Waals surface area (Å²) in [5.41, 5.74) is 1.54. The van der Waals surface area contributed by atoms with E-state index < -0.39 is 0 Å². The molecule has 140 valence electrons. The van der Waals surface area contributed by atoms with E-state index in [4.69, 9.17) is 11.6 Å². The van der Waals surface area contributed by atoms with Crippen molar-refractivity contribution in [3.8, 4) is 10.4 Å². The van der Waals surface area contributed by atoms with Crippen LogP contribution >= 0.6 is 22.9 Å². The summed E-state index contributed by atoms with van der Waals surface area (Å²) in [4.78, 5) is 33.8. The minimum Gasteiger partial charge on any atom is -0.348 e. The van der Waals surface area contributed by atoms with E-state index in [1.807, 2.05) is 37.4 Å². The Labute approximate surface area is 165 Å². The van der Waals surface area contributed by atoms with Gasteiger partial charge in [-0.3, -0.25) is 9.59 Å². The molecule has 0 spiro atoms. The Morgan fingerprint density at radius 3 is 2.81 bits per heavy atom. The van der Waals surface area contributed by atoms with Crippen molar-refractivity contribution < 1.29 is 9.69 Å². The van der Waals surface area contributed by atoms with Gasteiger partial charge < -0.3 is 15.2 Å². The standard InChI is InChI=1S/C19H19ClN4O2S/c1-24(10-17(25)21-13-6-7-13)9-16-22-14-8-15(27-18(14)19(26)23-16)11-2-4-12(20)5-3-11/h2-5,8,13H,6-7,9-10H2,1H3,(H,21,25)(H,22,23,26)/p+1. The van der Waals surface area contributed by atoms with Gasteiger partial charge in [-0.25, -0.2) is 4.98 Å². The Balaban J connectivity index is 1.53. The summed E-state index contributed by atoms with van der Waals surface area (Å²) in [5.74, 6) is 0.628. The molecule has 1 aromatic carbocycles. The van der Waals surface area contributed by atoms with Crippen LogP contribution in [0.15, 0.2) is 35.1 Å². The normalized spacial score (nSPS) is 15.0. The van der Waals surface area contributed by atoms with Crippen LogP contribution in [0.3, 0.4) is 0 Å². The van der Waals surface area contributed by atoms with E-state index in [2.05, 4.69) is 15.3 Å². The van der Waals surface area contributed by atoms with Gasteiger partial charge in [-0.1, -0.05) is 23.7 Å². The first kappa shape index (κ1) is 18.2. The van der Waals surface area contributed by atoms with E-state index in [1.165, 1.54) is 11.3 Å². The molecule has 3 aromatic rings. The van der Waals surface area contributed by atoms with E-state index in [-0.39, 0.29) is 11.5 Å². The second-order valence-corrected chi connectivity index (χ2v) is 8.49. The molecule has 6 nitrogen and oxygen atoms in total. The average Bonchev–Trinajstić information content (AvgIpc) is 3.30. The van der Waals surface area contributed by atoms with Crippen LogP contribution in [0.1, 0.15) is 18.7 Å². The number of halogens is 1. The summed E-state index contributed by atoms with van der Waals surface area (Å²) in [5, 5.41) is 3.65. The molecule has 1 aliphatic carbocycles. The van der Waals surface area contributed by atoms with Gasteiger partial charge in [0.05, 0.1) is 12.6 Å². The van der Waals surface area contributed by atoms with Crippen LogP contribution in [0.25, 0.3) is 20.7 Å². The van der Waals surface area contributed by atoms with Gasteiger partial charge in [-0.15, -0.1) is 11.3 Å². The highest BCUT2D eigenvalue weighted by atomic mass is 35.5. The second kappa shape index (κ2) is 7.42. The van der Waals surface area contributed by atoms with Gasteiger partial charge in [-0.2, -0.15) is 0 Å². The molecule has 0 radical (unpaired) electrons. The van der Waals surface area contributed by atoms with E-state index in [9.17, 15) is 9.59 Å². The van der Waals surface area contributed by atoms with Gasteiger partial charge in [0.15, 0.2) is 12.4 Å². The van der Waals surface area contributed by atoms with E-state index in [0.717, 1.165) is 28.2 Å². The molecule has 0 bridgehead atoms. The van der Waals surface area contributed by atoms with Gasteiger partial charge in [0.2, 0.25) is 0 Å². The molecule has 8 heteroatoms. The Kier molecular flexibility index (Phi) is 4.99. The number of amides is 1. The number of likely N-dealkylation sites (N-methyl/N-ethyl adjacent to an activating group) is 1. The summed E-state index contributed by atoms with van der Waals surface area (Å²) in [7, 11) is 1.92. The highest BCUT2D eigenvalue weighted by Crippen LogP contribution is 2.31. The molecule has 3 N–H and O–H groups in total. The highest BCUT2D eigenvalue weighted by Gasteiger charge is 2.24. The van der Waals surface area contributed by atoms with Crippen molar-refractivity contribution in [2.24, 2.45) is 0 Å². The van der Waals surface area contributed by atoms with Crippen LogP contribution in [0.5, 0.6) is 0 Å². The molecule has 1 amide bonds.